The lowest BCUT2D eigenvalue weighted by Crippen LogP contribution is -2.45. The number of nitrogens with one attached hydrogen (secondary N) is 1. The van der Waals surface area contributed by atoms with Crippen LogP contribution in [0.5, 0.6) is 5.75 Å². The van der Waals surface area contributed by atoms with Gasteiger partial charge < -0.3 is 10.1 Å². The summed E-state index contributed by atoms with van der Waals surface area (Å²) in [6, 6.07) is 12.0. The number of carbonyl (C=O) groups is 2. The fraction of sp³-hybridized carbons (Fsp3) is 0.250. The van der Waals surface area contributed by atoms with Gasteiger partial charge in [-0.25, -0.2) is 4.99 Å². The first-order valence-corrected chi connectivity index (χ1v) is 10.5. The minimum absolute atomic E-state index is 0.0861. The zero-order valence-corrected chi connectivity index (χ0v) is 18.1. The number of amides is 2. The molecule has 1 unspecified atom stereocenters. The van der Waals surface area contributed by atoms with Crippen molar-refractivity contribution in [2.45, 2.75) is 18.6 Å². The third kappa shape index (κ3) is 5.23. The summed E-state index contributed by atoms with van der Waals surface area (Å²) in [6.07, 6.45) is 0.0861. The van der Waals surface area contributed by atoms with E-state index in [0.717, 1.165) is 0 Å². The maximum atomic E-state index is 12.7. The molecule has 152 valence electrons. The van der Waals surface area contributed by atoms with Gasteiger partial charge in [0.2, 0.25) is 11.8 Å². The maximum absolute atomic E-state index is 12.7. The molecule has 1 aliphatic heterocycles. The molecule has 9 heteroatoms. The molecule has 2 aromatic rings. The summed E-state index contributed by atoms with van der Waals surface area (Å²) in [5, 5.41) is 3.40. The molecule has 3 rings (SSSR count). The minimum Gasteiger partial charge on any atom is -0.497 e. The third-order valence-corrected chi connectivity index (χ3v) is 6.14. The van der Waals surface area contributed by atoms with E-state index in [1.807, 2.05) is 25.1 Å². The summed E-state index contributed by atoms with van der Waals surface area (Å²) >= 11 is 13.2. The van der Waals surface area contributed by atoms with Gasteiger partial charge in [0.15, 0.2) is 5.17 Å². The number of amidine groups is 1. The van der Waals surface area contributed by atoms with Gasteiger partial charge in [-0.05, 0) is 37.3 Å². The van der Waals surface area contributed by atoms with Gasteiger partial charge in [-0.3, -0.25) is 14.5 Å². The molecule has 1 saturated heterocycles. The van der Waals surface area contributed by atoms with Crippen molar-refractivity contribution in [1.82, 2.24) is 4.90 Å². The highest BCUT2D eigenvalue weighted by Crippen LogP contribution is 2.31. The first kappa shape index (κ1) is 21.5. The first-order chi connectivity index (χ1) is 13.9. The van der Waals surface area contributed by atoms with Gasteiger partial charge in [0, 0.05) is 24.7 Å². The number of nitrogens with zero attached hydrogens (tertiary/aromatic N) is 2. The summed E-state index contributed by atoms with van der Waals surface area (Å²) in [7, 11) is 1.58. The molecule has 0 radical (unpaired) electrons. The Morgan fingerprint density at radius 1 is 1.28 bits per heavy atom. The van der Waals surface area contributed by atoms with E-state index in [0.29, 0.717) is 38.9 Å². The maximum Gasteiger partial charge on any atom is 0.238 e. The van der Waals surface area contributed by atoms with Crippen LogP contribution in [-0.2, 0) is 9.59 Å². The zero-order chi connectivity index (χ0) is 21.0. The predicted octanol–water partition coefficient (Wildman–Crippen LogP) is 4.98. The molecule has 0 spiro atoms. The Hall–Kier alpha value is -2.22. The van der Waals surface area contributed by atoms with E-state index in [2.05, 4.69) is 10.3 Å². The van der Waals surface area contributed by atoms with Gasteiger partial charge in [-0.15, -0.1) is 0 Å². The summed E-state index contributed by atoms with van der Waals surface area (Å²) in [4.78, 5) is 31.5. The number of carbonyl (C=O) groups excluding carboxylic acids is 2. The van der Waals surface area contributed by atoms with Crippen molar-refractivity contribution in [2.75, 3.05) is 19.0 Å². The van der Waals surface area contributed by atoms with Gasteiger partial charge in [0.1, 0.15) is 11.0 Å². The molecule has 2 aromatic carbocycles. The van der Waals surface area contributed by atoms with Gasteiger partial charge in [-0.2, -0.15) is 0 Å². The van der Waals surface area contributed by atoms with Crippen LogP contribution in [0.2, 0.25) is 10.0 Å². The number of methoxy groups -OCH3 is 1. The molecular formula is C20H19Cl2N3O3S. The fourth-order valence-corrected chi connectivity index (χ4v) is 4.20. The molecule has 1 heterocycles. The van der Waals surface area contributed by atoms with Crippen LogP contribution in [-0.4, -0.2) is 40.8 Å². The van der Waals surface area contributed by atoms with Crippen LogP contribution in [0.25, 0.3) is 0 Å². The molecule has 1 aliphatic rings. The Kier molecular flexibility index (Phi) is 7.05. The molecular weight excluding hydrogens is 433 g/mol. The van der Waals surface area contributed by atoms with Crippen LogP contribution in [0.1, 0.15) is 13.3 Å². The fourth-order valence-electron chi connectivity index (χ4n) is 2.74. The van der Waals surface area contributed by atoms with Crippen molar-refractivity contribution in [3.05, 3.63) is 52.5 Å². The second-order valence-corrected chi connectivity index (χ2v) is 8.15. The summed E-state index contributed by atoms with van der Waals surface area (Å²) in [6.45, 7) is 2.34. The Morgan fingerprint density at radius 2 is 2.07 bits per heavy atom. The topological polar surface area (TPSA) is 71.0 Å². The smallest absolute Gasteiger partial charge is 0.238 e. The van der Waals surface area contributed by atoms with E-state index in [9.17, 15) is 9.59 Å². The standard InChI is InChI=1S/C20H19Cl2N3O3S/c1-3-25-18(26)11-17(19(27)23-13-7-8-15(21)16(22)10-13)29-20(25)24-12-5-4-6-14(9-12)28-2/h4-10,17H,3,11H2,1-2H3,(H,23,27). The summed E-state index contributed by atoms with van der Waals surface area (Å²) in [5.41, 5.74) is 1.16. The van der Waals surface area contributed by atoms with Crippen LogP contribution in [0.4, 0.5) is 11.4 Å². The van der Waals surface area contributed by atoms with Crippen molar-refractivity contribution >= 4 is 63.3 Å². The number of rotatable bonds is 5. The molecule has 0 saturated carbocycles. The van der Waals surface area contributed by atoms with Crippen molar-refractivity contribution in [1.29, 1.82) is 0 Å². The first-order valence-electron chi connectivity index (χ1n) is 8.87. The zero-order valence-electron chi connectivity index (χ0n) is 15.8. The van der Waals surface area contributed by atoms with E-state index in [1.165, 1.54) is 11.8 Å². The average molecular weight is 452 g/mol. The van der Waals surface area contributed by atoms with Crippen LogP contribution < -0.4 is 10.1 Å². The Morgan fingerprint density at radius 3 is 2.76 bits per heavy atom. The molecule has 1 fully saturated rings. The van der Waals surface area contributed by atoms with Gasteiger partial charge >= 0.3 is 0 Å². The number of ether oxygens (including phenoxy) is 1. The minimum atomic E-state index is -0.607. The number of hydrogen-bond acceptors (Lipinski definition) is 5. The highest BCUT2D eigenvalue weighted by molar-refractivity contribution is 8.15. The van der Waals surface area contributed by atoms with E-state index >= 15 is 0 Å². The normalized spacial score (nSPS) is 18.1. The second-order valence-electron chi connectivity index (χ2n) is 6.16. The molecule has 1 atom stereocenters. The SMILES string of the molecule is CCN1C(=O)CC(C(=O)Nc2ccc(Cl)c(Cl)c2)SC1=Nc1cccc(OC)c1. The number of anilines is 1. The Balaban J connectivity index is 1.82. The van der Waals surface area contributed by atoms with E-state index in [4.69, 9.17) is 27.9 Å². The van der Waals surface area contributed by atoms with Crippen molar-refractivity contribution < 1.29 is 14.3 Å². The van der Waals surface area contributed by atoms with Gasteiger partial charge in [0.25, 0.3) is 0 Å². The molecule has 1 N–H and O–H groups in total. The second kappa shape index (κ2) is 9.52. The van der Waals surface area contributed by atoms with Crippen LogP contribution in [0.3, 0.4) is 0 Å². The van der Waals surface area contributed by atoms with E-state index in [1.54, 1.807) is 36.3 Å². The lowest BCUT2D eigenvalue weighted by Gasteiger charge is -2.31. The average Bonchev–Trinajstić information content (AvgIpc) is 2.70. The number of benzene rings is 2. The lowest BCUT2D eigenvalue weighted by atomic mass is 10.2. The summed E-state index contributed by atoms with van der Waals surface area (Å²) < 4.78 is 5.22. The van der Waals surface area contributed by atoms with Gasteiger partial charge in [0.05, 0.1) is 22.8 Å². The Labute approximate surface area is 183 Å². The molecule has 29 heavy (non-hydrogen) atoms. The van der Waals surface area contributed by atoms with Crippen LogP contribution in [0.15, 0.2) is 47.5 Å². The van der Waals surface area contributed by atoms with Crippen molar-refractivity contribution in [3.63, 3.8) is 0 Å². The van der Waals surface area contributed by atoms with Gasteiger partial charge in [-0.1, -0.05) is 41.0 Å². The number of halogens is 2. The summed E-state index contributed by atoms with van der Waals surface area (Å²) in [5.74, 6) is 0.217. The lowest BCUT2D eigenvalue weighted by molar-refractivity contribution is -0.129. The molecule has 2 amide bonds. The number of aliphatic imine (C=N–C) groups is 1. The highest BCUT2D eigenvalue weighted by atomic mass is 35.5. The van der Waals surface area contributed by atoms with Crippen LogP contribution >= 0.6 is 35.0 Å². The highest BCUT2D eigenvalue weighted by Gasteiger charge is 2.35. The van der Waals surface area contributed by atoms with Crippen molar-refractivity contribution in [3.8, 4) is 5.75 Å². The molecule has 0 aromatic heterocycles. The van der Waals surface area contributed by atoms with E-state index < -0.39 is 5.25 Å². The van der Waals surface area contributed by atoms with Crippen molar-refractivity contribution in [2.24, 2.45) is 4.99 Å². The third-order valence-electron chi connectivity index (χ3n) is 4.21. The quantitative estimate of drug-likeness (QED) is 0.695. The number of hydrogen-bond donors (Lipinski definition) is 1. The molecule has 0 aliphatic carbocycles. The monoisotopic (exact) mass is 451 g/mol. The van der Waals surface area contributed by atoms with E-state index in [-0.39, 0.29) is 18.2 Å². The molecule has 0 bridgehead atoms. The number of thioether (sulfide) groups is 1. The largest absolute Gasteiger partial charge is 0.497 e. The predicted molar refractivity (Wildman–Crippen MR) is 119 cm³/mol. The van der Waals surface area contributed by atoms with Crippen LogP contribution in [0, 0.1) is 0 Å². The molecule has 6 nitrogen and oxygen atoms in total. The Bertz CT molecular complexity index is 968.